The van der Waals surface area contributed by atoms with Gasteiger partial charge >= 0.3 is 0 Å². The Morgan fingerprint density at radius 2 is 2.00 bits per heavy atom. The van der Waals surface area contributed by atoms with Gasteiger partial charge in [0.2, 0.25) is 5.91 Å². The Hall–Kier alpha value is -0.980. The predicted molar refractivity (Wildman–Crippen MR) is 84.9 cm³/mol. The molecule has 0 radical (unpaired) electrons. The number of amides is 1. The number of nitrogens with one attached hydrogen (secondary N) is 2. The fourth-order valence-corrected chi connectivity index (χ4v) is 2.25. The maximum absolute atomic E-state index is 11.5. The molecule has 5 nitrogen and oxygen atoms in total. The minimum atomic E-state index is 0. The number of carbonyl (C=O) groups is 1. The molecule has 1 aromatic rings. The van der Waals surface area contributed by atoms with Crippen LogP contribution in [0.4, 0.5) is 0 Å². The molecule has 0 saturated carbocycles. The molecule has 0 aliphatic rings. The Bertz CT molecular complexity index is 444. The SMILES string of the molecule is CNCCC(=O)NCc1cc(Br)c(OC)c(OC)c1.Cl. The van der Waals surface area contributed by atoms with Gasteiger partial charge in [0, 0.05) is 19.5 Å². The standard InChI is InChI=1S/C13H19BrN2O3.ClH/c1-15-5-4-12(17)16-8-9-6-10(14)13(19-3)11(7-9)18-2;/h6-7,15H,4-5,8H2,1-3H3,(H,16,17);1H. The second-order valence-corrected chi connectivity index (χ2v) is 4.80. The van der Waals surface area contributed by atoms with Crippen molar-refractivity contribution in [3.8, 4) is 11.5 Å². The van der Waals surface area contributed by atoms with Crippen molar-refractivity contribution in [3.63, 3.8) is 0 Å². The van der Waals surface area contributed by atoms with Crippen LogP contribution in [0.15, 0.2) is 16.6 Å². The summed E-state index contributed by atoms with van der Waals surface area (Å²) in [4.78, 5) is 11.5. The zero-order chi connectivity index (χ0) is 14.3. The smallest absolute Gasteiger partial charge is 0.221 e. The molecule has 0 spiro atoms. The van der Waals surface area contributed by atoms with Crippen molar-refractivity contribution in [3.05, 3.63) is 22.2 Å². The average Bonchev–Trinajstić information content (AvgIpc) is 2.42. The molecule has 0 saturated heterocycles. The van der Waals surface area contributed by atoms with Gasteiger partial charge < -0.3 is 20.1 Å². The Morgan fingerprint density at radius 3 is 2.55 bits per heavy atom. The fraction of sp³-hybridized carbons (Fsp3) is 0.462. The molecule has 0 heterocycles. The van der Waals surface area contributed by atoms with Crippen molar-refractivity contribution in [1.29, 1.82) is 0 Å². The van der Waals surface area contributed by atoms with Crippen LogP contribution in [0, 0.1) is 0 Å². The van der Waals surface area contributed by atoms with Crippen LogP contribution < -0.4 is 20.1 Å². The van der Waals surface area contributed by atoms with Crippen molar-refractivity contribution in [2.24, 2.45) is 0 Å². The molecule has 20 heavy (non-hydrogen) atoms. The highest BCUT2D eigenvalue weighted by molar-refractivity contribution is 9.10. The summed E-state index contributed by atoms with van der Waals surface area (Å²) >= 11 is 3.42. The Balaban J connectivity index is 0.00000361. The molecule has 0 aliphatic heterocycles. The molecule has 2 N–H and O–H groups in total. The lowest BCUT2D eigenvalue weighted by Gasteiger charge is -2.12. The van der Waals surface area contributed by atoms with Crippen LogP contribution in [-0.4, -0.2) is 33.7 Å². The van der Waals surface area contributed by atoms with Gasteiger partial charge in [-0.1, -0.05) is 0 Å². The number of hydrogen-bond acceptors (Lipinski definition) is 4. The van der Waals surface area contributed by atoms with Crippen LogP contribution in [-0.2, 0) is 11.3 Å². The molecule has 1 amide bonds. The van der Waals surface area contributed by atoms with E-state index in [9.17, 15) is 4.79 Å². The third-order valence-corrected chi connectivity index (χ3v) is 3.17. The van der Waals surface area contributed by atoms with Gasteiger partial charge in [-0.15, -0.1) is 12.4 Å². The van der Waals surface area contributed by atoms with Gasteiger partial charge in [-0.2, -0.15) is 0 Å². The van der Waals surface area contributed by atoms with E-state index in [2.05, 4.69) is 26.6 Å². The van der Waals surface area contributed by atoms with Gasteiger partial charge in [-0.25, -0.2) is 0 Å². The van der Waals surface area contributed by atoms with E-state index in [0.29, 0.717) is 31.0 Å². The van der Waals surface area contributed by atoms with Crippen molar-refractivity contribution in [1.82, 2.24) is 10.6 Å². The highest BCUT2D eigenvalue weighted by Gasteiger charge is 2.11. The highest BCUT2D eigenvalue weighted by Crippen LogP contribution is 2.36. The molecular weight excluding hydrogens is 348 g/mol. The summed E-state index contributed by atoms with van der Waals surface area (Å²) in [6, 6.07) is 3.75. The first-order chi connectivity index (χ1) is 9.12. The first-order valence-corrected chi connectivity index (χ1v) is 6.73. The summed E-state index contributed by atoms with van der Waals surface area (Å²) in [7, 11) is 4.99. The topological polar surface area (TPSA) is 59.6 Å². The first-order valence-electron chi connectivity index (χ1n) is 5.94. The highest BCUT2D eigenvalue weighted by atomic mass is 79.9. The molecule has 0 atom stereocenters. The lowest BCUT2D eigenvalue weighted by Crippen LogP contribution is -2.26. The first kappa shape index (κ1) is 19.0. The number of ether oxygens (including phenoxy) is 2. The fourth-order valence-electron chi connectivity index (χ4n) is 1.60. The van der Waals surface area contributed by atoms with E-state index < -0.39 is 0 Å². The summed E-state index contributed by atoms with van der Waals surface area (Å²) < 4.78 is 11.3. The van der Waals surface area contributed by atoms with Crippen molar-refractivity contribution in [2.45, 2.75) is 13.0 Å². The molecule has 0 aliphatic carbocycles. The van der Waals surface area contributed by atoms with Gasteiger partial charge in [0.25, 0.3) is 0 Å². The summed E-state index contributed by atoms with van der Waals surface area (Å²) in [5.41, 5.74) is 0.947. The van der Waals surface area contributed by atoms with Crippen LogP contribution in [0.25, 0.3) is 0 Å². The molecule has 114 valence electrons. The van der Waals surface area contributed by atoms with E-state index in [-0.39, 0.29) is 18.3 Å². The molecule has 7 heteroatoms. The number of rotatable bonds is 7. The molecule has 0 bridgehead atoms. The number of benzene rings is 1. The van der Waals surface area contributed by atoms with E-state index in [1.165, 1.54) is 0 Å². The van der Waals surface area contributed by atoms with E-state index in [1.54, 1.807) is 14.2 Å². The Morgan fingerprint density at radius 1 is 1.30 bits per heavy atom. The molecule has 1 aromatic carbocycles. The lowest BCUT2D eigenvalue weighted by atomic mass is 10.2. The zero-order valence-electron chi connectivity index (χ0n) is 11.8. The van der Waals surface area contributed by atoms with Gasteiger partial charge in [-0.05, 0) is 40.7 Å². The van der Waals surface area contributed by atoms with Crippen LogP contribution >= 0.6 is 28.3 Å². The van der Waals surface area contributed by atoms with Crippen molar-refractivity contribution < 1.29 is 14.3 Å². The van der Waals surface area contributed by atoms with Gasteiger partial charge in [0.1, 0.15) is 0 Å². The number of hydrogen-bond donors (Lipinski definition) is 2. The molecule has 1 rings (SSSR count). The Kier molecular flexibility index (Phi) is 9.37. The maximum atomic E-state index is 11.5. The second-order valence-electron chi connectivity index (χ2n) is 3.94. The maximum Gasteiger partial charge on any atom is 0.221 e. The van der Waals surface area contributed by atoms with E-state index in [1.807, 2.05) is 19.2 Å². The van der Waals surface area contributed by atoms with E-state index in [4.69, 9.17) is 9.47 Å². The van der Waals surface area contributed by atoms with E-state index >= 15 is 0 Å². The Labute approximate surface area is 133 Å². The monoisotopic (exact) mass is 366 g/mol. The van der Waals surface area contributed by atoms with Crippen molar-refractivity contribution >= 4 is 34.2 Å². The third kappa shape index (κ3) is 5.56. The molecule has 0 fully saturated rings. The summed E-state index contributed by atoms with van der Waals surface area (Å²) in [5, 5.41) is 5.79. The van der Waals surface area contributed by atoms with Gasteiger partial charge in [0.15, 0.2) is 11.5 Å². The van der Waals surface area contributed by atoms with Gasteiger partial charge in [0.05, 0.1) is 18.7 Å². The molecule has 0 aromatic heterocycles. The number of carbonyl (C=O) groups excluding carboxylic acids is 1. The largest absolute Gasteiger partial charge is 0.493 e. The van der Waals surface area contributed by atoms with Crippen molar-refractivity contribution in [2.75, 3.05) is 27.8 Å². The van der Waals surface area contributed by atoms with Gasteiger partial charge in [-0.3, -0.25) is 4.79 Å². The summed E-state index contributed by atoms with van der Waals surface area (Å²) in [6.07, 6.45) is 0.463. The zero-order valence-corrected chi connectivity index (χ0v) is 14.2. The molecular formula is C13H20BrClN2O3. The minimum Gasteiger partial charge on any atom is -0.493 e. The van der Waals surface area contributed by atoms with Crippen LogP contribution in [0.5, 0.6) is 11.5 Å². The minimum absolute atomic E-state index is 0. The summed E-state index contributed by atoms with van der Waals surface area (Å²) in [5.74, 6) is 1.30. The lowest BCUT2D eigenvalue weighted by molar-refractivity contribution is -0.121. The van der Waals surface area contributed by atoms with Crippen LogP contribution in [0.2, 0.25) is 0 Å². The average molecular weight is 368 g/mol. The van der Waals surface area contributed by atoms with E-state index in [0.717, 1.165) is 10.0 Å². The van der Waals surface area contributed by atoms with Crippen LogP contribution in [0.1, 0.15) is 12.0 Å². The normalized spacial score (nSPS) is 9.60. The molecule has 0 unspecified atom stereocenters. The number of halogens is 2. The van der Waals surface area contributed by atoms with Crippen LogP contribution in [0.3, 0.4) is 0 Å². The second kappa shape index (κ2) is 9.85. The number of methoxy groups -OCH3 is 2. The summed E-state index contributed by atoms with van der Waals surface area (Å²) in [6.45, 7) is 1.13. The third-order valence-electron chi connectivity index (χ3n) is 2.59. The predicted octanol–water partition coefficient (Wildman–Crippen LogP) is 2.11. The quantitative estimate of drug-likeness (QED) is 0.775.